The fourth-order valence-electron chi connectivity index (χ4n) is 3.71. The Morgan fingerprint density at radius 2 is 2.21 bits per heavy atom. The molecule has 7 nitrogen and oxygen atoms in total. The average Bonchev–Trinajstić information content (AvgIpc) is 3.36. The van der Waals surface area contributed by atoms with Crippen molar-refractivity contribution in [1.29, 1.82) is 0 Å². The molecule has 29 heavy (non-hydrogen) atoms. The summed E-state index contributed by atoms with van der Waals surface area (Å²) in [5, 5.41) is 7.73. The van der Waals surface area contributed by atoms with Gasteiger partial charge in [0.1, 0.15) is 0 Å². The standard InChI is InChI=1S/C22H32N6O/c1-5-23-22(28-12-10-19(16-28)20-14-25-27(4)15-20)24-11-9-17-7-6-8-18(13-17)21(29)26(2)3/h6-8,13-15,19H,5,9-12,16H2,1-4H3,(H,23,24). The van der Waals surface area contributed by atoms with Crippen LogP contribution in [0.5, 0.6) is 0 Å². The highest BCUT2D eigenvalue weighted by Gasteiger charge is 2.26. The molecule has 2 aromatic rings. The minimum absolute atomic E-state index is 0.0298. The molecule has 7 heteroatoms. The zero-order valence-electron chi connectivity index (χ0n) is 17.9. The minimum atomic E-state index is 0.0298. The van der Waals surface area contributed by atoms with Crippen LogP contribution in [-0.4, -0.2) is 71.7 Å². The van der Waals surface area contributed by atoms with Crippen molar-refractivity contribution in [2.75, 3.05) is 40.3 Å². The highest BCUT2D eigenvalue weighted by Crippen LogP contribution is 2.26. The van der Waals surface area contributed by atoms with Gasteiger partial charge in [-0.05, 0) is 43.0 Å². The highest BCUT2D eigenvalue weighted by molar-refractivity contribution is 5.94. The van der Waals surface area contributed by atoms with Crippen LogP contribution in [0.1, 0.15) is 40.7 Å². The van der Waals surface area contributed by atoms with Crippen molar-refractivity contribution in [2.24, 2.45) is 12.0 Å². The molecule has 1 amide bonds. The number of aliphatic imine (C=N–C) groups is 1. The number of carbonyl (C=O) groups excluding carboxylic acids is 1. The third-order valence-corrected chi connectivity index (χ3v) is 5.26. The Morgan fingerprint density at radius 3 is 2.90 bits per heavy atom. The van der Waals surface area contributed by atoms with Gasteiger partial charge in [0.25, 0.3) is 5.91 Å². The molecule has 1 atom stereocenters. The lowest BCUT2D eigenvalue weighted by Crippen LogP contribution is -2.40. The Hall–Kier alpha value is -2.83. The summed E-state index contributed by atoms with van der Waals surface area (Å²) in [6.45, 7) is 5.60. The Balaban J connectivity index is 1.61. The largest absolute Gasteiger partial charge is 0.357 e. The van der Waals surface area contributed by atoms with Crippen LogP contribution in [-0.2, 0) is 13.5 Å². The third kappa shape index (κ3) is 5.37. The molecule has 1 aromatic carbocycles. The van der Waals surface area contributed by atoms with Gasteiger partial charge in [-0.15, -0.1) is 0 Å². The summed E-state index contributed by atoms with van der Waals surface area (Å²) in [6, 6.07) is 7.84. The first-order chi connectivity index (χ1) is 14.0. The van der Waals surface area contributed by atoms with Gasteiger partial charge in [0.2, 0.25) is 0 Å². The van der Waals surface area contributed by atoms with E-state index in [1.807, 2.05) is 36.1 Å². The van der Waals surface area contributed by atoms with Crippen molar-refractivity contribution in [2.45, 2.75) is 25.7 Å². The summed E-state index contributed by atoms with van der Waals surface area (Å²) < 4.78 is 1.87. The number of aryl methyl sites for hydroxylation is 1. The molecular formula is C22H32N6O. The van der Waals surface area contributed by atoms with Crippen molar-refractivity contribution in [3.05, 3.63) is 53.3 Å². The zero-order chi connectivity index (χ0) is 20.8. The number of hydrogen-bond donors (Lipinski definition) is 1. The number of benzene rings is 1. The second-order valence-corrected chi connectivity index (χ2v) is 7.76. The molecule has 1 aromatic heterocycles. The molecule has 0 aliphatic carbocycles. The maximum Gasteiger partial charge on any atom is 0.253 e. The van der Waals surface area contributed by atoms with Gasteiger partial charge in [-0.2, -0.15) is 5.10 Å². The summed E-state index contributed by atoms with van der Waals surface area (Å²) in [5.41, 5.74) is 3.16. The number of nitrogens with zero attached hydrogens (tertiary/aromatic N) is 5. The predicted octanol–water partition coefficient (Wildman–Crippen LogP) is 2.12. The molecular weight excluding hydrogens is 364 g/mol. The maximum atomic E-state index is 12.2. The normalized spacial score (nSPS) is 16.9. The van der Waals surface area contributed by atoms with E-state index < -0.39 is 0 Å². The van der Waals surface area contributed by atoms with Crippen molar-refractivity contribution >= 4 is 11.9 Å². The van der Waals surface area contributed by atoms with Crippen LogP contribution in [0.15, 0.2) is 41.7 Å². The van der Waals surface area contributed by atoms with E-state index in [0.29, 0.717) is 12.5 Å². The number of hydrogen-bond acceptors (Lipinski definition) is 3. The molecule has 1 unspecified atom stereocenters. The number of guanidine groups is 1. The van der Waals surface area contributed by atoms with Crippen LogP contribution in [0, 0.1) is 0 Å². The van der Waals surface area contributed by atoms with E-state index in [-0.39, 0.29) is 5.91 Å². The number of rotatable bonds is 6. The smallest absolute Gasteiger partial charge is 0.253 e. The van der Waals surface area contributed by atoms with Crippen LogP contribution >= 0.6 is 0 Å². The summed E-state index contributed by atoms with van der Waals surface area (Å²) >= 11 is 0. The zero-order valence-corrected chi connectivity index (χ0v) is 17.9. The fourth-order valence-corrected chi connectivity index (χ4v) is 3.71. The Kier molecular flexibility index (Phi) is 6.90. The molecule has 3 rings (SSSR count). The molecule has 2 heterocycles. The highest BCUT2D eigenvalue weighted by atomic mass is 16.2. The second kappa shape index (κ2) is 9.58. The molecule has 0 saturated carbocycles. The number of nitrogens with one attached hydrogen (secondary N) is 1. The van der Waals surface area contributed by atoms with Crippen molar-refractivity contribution in [3.8, 4) is 0 Å². The van der Waals surface area contributed by atoms with Crippen molar-refractivity contribution in [1.82, 2.24) is 24.9 Å². The van der Waals surface area contributed by atoms with E-state index in [4.69, 9.17) is 4.99 Å². The van der Waals surface area contributed by atoms with Gasteiger partial charge in [-0.1, -0.05) is 12.1 Å². The molecule has 1 fully saturated rings. The summed E-state index contributed by atoms with van der Waals surface area (Å²) in [7, 11) is 5.51. The van der Waals surface area contributed by atoms with Crippen LogP contribution in [0.3, 0.4) is 0 Å². The van der Waals surface area contributed by atoms with Crippen LogP contribution < -0.4 is 5.32 Å². The number of aromatic nitrogens is 2. The summed E-state index contributed by atoms with van der Waals surface area (Å²) in [6.07, 6.45) is 6.01. The molecule has 0 radical (unpaired) electrons. The molecule has 156 valence electrons. The van der Waals surface area contributed by atoms with Gasteiger partial charge in [0, 0.05) is 65.0 Å². The average molecular weight is 397 g/mol. The number of amides is 1. The van der Waals surface area contributed by atoms with E-state index in [1.165, 1.54) is 5.56 Å². The third-order valence-electron chi connectivity index (χ3n) is 5.26. The predicted molar refractivity (Wildman–Crippen MR) is 116 cm³/mol. The first-order valence-corrected chi connectivity index (χ1v) is 10.3. The van der Waals surface area contributed by atoms with E-state index in [2.05, 4.69) is 34.5 Å². The Morgan fingerprint density at radius 1 is 1.38 bits per heavy atom. The quantitative estimate of drug-likeness (QED) is 0.600. The Bertz CT molecular complexity index is 856. The summed E-state index contributed by atoms with van der Waals surface area (Å²) in [4.78, 5) is 21.0. The lowest BCUT2D eigenvalue weighted by Gasteiger charge is -2.21. The molecule has 1 aliphatic rings. The fraction of sp³-hybridized carbons (Fsp3) is 0.500. The van der Waals surface area contributed by atoms with Crippen LogP contribution in [0.2, 0.25) is 0 Å². The monoisotopic (exact) mass is 396 g/mol. The van der Waals surface area contributed by atoms with Gasteiger partial charge in [0.05, 0.1) is 6.20 Å². The molecule has 1 saturated heterocycles. The maximum absolute atomic E-state index is 12.2. The summed E-state index contributed by atoms with van der Waals surface area (Å²) in [5.74, 6) is 1.50. The minimum Gasteiger partial charge on any atom is -0.357 e. The van der Waals surface area contributed by atoms with Crippen LogP contribution in [0.4, 0.5) is 0 Å². The first-order valence-electron chi connectivity index (χ1n) is 10.3. The van der Waals surface area contributed by atoms with Gasteiger partial charge in [0.15, 0.2) is 5.96 Å². The van der Waals surface area contributed by atoms with Gasteiger partial charge in [-0.25, -0.2) is 0 Å². The van der Waals surface area contributed by atoms with Gasteiger partial charge < -0.3 is 15.1 Å². The van der Waals surface area contributed by atoms with Gasteiger partial charge in [-0.3, -0.25) is 14.5 Å². The van der Waals surface area contributed by atoms with Crippen LogP contribution in [0.25, 0.3) is 0 Å². The molecule has 0 bridgehead atoms. The number of likely N-dealkylation sites (tertiary alicyclic amines) is 1. The van der Waals surface area contributed by atoms with E-state index in [0.717, 1.165) is 49.6 Å². The van der Waals surface area contributed by atoms with Crippen molar-refractivity contribution < 1.29 is 4.79 Å². The molecule has 1 aliphatic heterocycles. The second-order valence-electron chi connectivity index (χ2n) is 7.76. The Labute approximate surface area is 173 Å². The molecule has 1 N–H and O–H groups in total. The van der Waals surface area contributed by atoms with E-state index in [9.17, 15) is 4.79 Å². The topological polar surface area (TPSA) is 65.8 Å². The molecule has 0 spiro atoms. The van der Waals surface area contributed by atoms with E-state index in [1.54, 1.807) is 19.0 Å². The van der Waals surface area contributed by atoms with Crippen molar-refractivity contribution in [3.63, 3.8) is 0 Å². The SMILES string of the molecule is CCNC(=NCCc1cccc(C(=O)N(C)C)c1)N1CCC(c2cnn(C)c2)C1. The van der Waals surface area contributed by atoms with Gasteiger partial charge >= 0.3 is 0 Å². The lowest BCUT2D eigenvalue weighted by atomic mass is 10.0. The first kappa shape index (κ1) is 20.9. The lowest BCUT2D eigenvalue weighted by molar-refractivity contribution is 0.0827. The van der Waals surface area contributed by atoms with E-state index >= 15 is 0 Å². The number of carbonyl (C=O) groups is 1.